The molecule has 9 heteroatoms. The molecule has 1 aromatic heterocycles. The van der Waals surface area contributed by atoms with Gasteiger partial charge in [0.05, 0.1) is 36.4 Å². The summed E-state index contributed by atoms with van der Waals surface area (Å²) < 4.78 is 39.9. The summed E-state index contributed by atoms with van der Waals surface area (Å²) >= 11 is 0. The maximum absolute atomic E-state index is 12.8. The summed E-state index contributed by atoms with van der Waals surface area (Å²) in [6, 6.07) is 3.81. The van der Waals surface area contributed by atoms with Crippen LogP contribution in [0.1, 0.15) is 53.8 Å². The molecule has 0 spiro atoms. The number of aryl methyl sites for hydroxylation is 1. The van der Waals surface area contributed by atoms with Crippen LogP contribution in [0.2, 0.25) is 0 Å². The number of nitrogens with one attached hydrogen (secondary N) is 1. The van der Waals surface area contributed by atoms with Crippen molar-refractivity contribution in [3.63, 3.8) is 0 Å². The molecule has 1 N–H and O–H groups in total. The van der Waals surface area contributed by atoms with Gasteiger partial charge in [-0.05, 0) is 50.5 Å². The molecular weight excluding hydrogens is 385 g/mol. The standard InChI is InChI=1S/C20H23F3N4O2/c1-2-26-13-24-11-17(26)16-5-3-4-10-27(16)18(28)12-25-19(29)14-6-8-15(9-7-14)20(21,22)23/h6-9,11,13,16H,2-5,10,12H2,1H3,(H,25,29). The zero-order chi connectivity index (χ0) is 21.0. The van der Waals surface area contributed by atoms with Gasteiger partial charge in [-0.25, -0.2) is 4.98 Å². The highest BCUT2D eigenvalue weighted by Gasteiger charge is 2.31. The summed E-state index contributed by atoms with van der Waals surface area (Å²) in [5.74, 6) is -0.807. The fraction of sp³-hybridized carbons (Fsp3) is 0.450. The summed E-state index contributed by atoms with van der Waals surface area (Å²) in [6.07, 6.45) is 1.75. The first-order valence-corrected chi connectivity index (χ1v) is 9.56. The van der Waals surface area contributed by atoms with Gasteiger partial charge in [0.2, 0.25) is 5.91 Å². The van der Waals surface area contributed by atoms with Crippen LogP contribution in [0, 0.1) is 0 Å². The Hall–Kier alpha value is -2.84. The van der Waals surface area contributed by atoms with Crippen molar-refractivity contribution in [2.75, 3.05) is 13.1 Å². The average Bonchev–Trinajstić information content (AvgIpc) is 3.20. The Morgan fingerprint density at radius 1 is 1.21 bits per heavy atom. The predicted octanol–water partition coefficient (Wildman–Crippen LogP) is 3.41. The Bertz CT molecular complexity index is 861. The Morgan fingerprint density at radius 2 is 1.93 bits per heavy atom. The lowest BCUT2D eigenvalue weighted by atomic mass is 9.99. The molecule has 29 heavy (non-hydrogen) atoms. The van der Waals surface area contributed by atoms with Crippen molar-refractivity contribution in [3.05, 3.63) is 53.6 Å². The molecule has 1 aliphatic heterocycles. The molecule has 1 aromatic carbocycles. The minimum absolute atomic E-state index is 0.0741. The highest BCUT2D eigenvalue weighted by molar-refractivity contribution is 5.96. The second kappa shape index (κ2) is 8.67. The first-order chi connectivity index (χ1) is 13.8. The van der Waals surface area contributed by atoms with E-state index in [-0.39, 0.29) is 24.1 Å². The van der Waals surface area contributed by atoms with Gasteiger partial charge in [0.1, 0.15) is 0 Å². The van der Waals surface area contributed by atoms with Crippen molar-refractivity contribution in [2.45, 2.75) is 44.9 Å². The van der Waals surface area contributed by atoms with Crippen LogP contribution in [-0.4, -0.2) is 39.4 Å². The topological polar surface area (TPSA) is 67.2 Å². The fourth-order valence-corrected chi connectivity index (χ4v) is 3.58. The molecule has 1 saturated heterocycles. The van der Waals surface area contributed by atoms with Crippen LogP contribution >= 0.6 is 0 Å². The lowest BCUT2D eigenvalue weighted by molar-refractivity contribution is -0.137. The zero-order valence-electron chi connectivity index (χ0n) is 16.1. The number of amides is 2. The third-order valence-corrected chi connectivity index (χ3v) is 5.12. The first kappa shape index (κ1) is 20.9. The number of hydrogen-bond donors (Lipinski definition) is 1. The summed E-state index contributed by atoms with van der Waals surface area (Å²) in [6.45, 7) is 3.13. The summed E-state index contributed by atoms with van der Waals surface area (Å²) in [7, 11) is 0. The molecule has 1 fully saturated rings. The van der Waals surface area contributed by atoms with Crippen molar-refractivity contribution in [2.24, 2.45) is 0 Å². The Morgan fingerprint density at radius 3 is 2.59 bits per heavy atom. The number of piperidine rings is 1. The second-order valence-electron chi connectivity index (χ2n) is 6.96. The third-order valence-electron chi connectivity index (χ3n) is 5.12. The maximum Gasteiger partial charge on any atom is 0.416 e. The van der Waals surface area contributed by atoms with Crippen molar-refractivity contribution in [1.29, 1.82) is 0 Å². The van der Waals surface area contributed by atoms with Crippen LogP contribution in [0.25, 0.3) is 0 Å². The minimum atomic E-state index is -4.46. The van der Waals surface area contributed by atoms with Crippen molar-refractivity contribution >= 4 is 11.8 Å². The Labute approximate surface area is 166 Å². The monoisotopic (exact) mass is 408 g/mol. The predicted molar refractivity (Wildman–Crippen MR) is 100.0 cm³/mol. The van der Waals surface area contributed by atoms with E-state index in [1.165, 1.54) is 0 Å². The maximum atomic E-state index is 12.8. The summed E-state index contributed by atoms with van der Waals surface area (Å²) in [5.41, 5.74) is 0.216. The molecule has 0 radical (unpaired) electrons. The second-order valence-corrected chi connectivity index (χ2v) is 6.96. The number of imidazole rings is 1. The Balaban J connectivity index is 1.63. The van der Waals surface area contributed by atoms with E-state index >= 15 is 0 Å². The molecule has 1 unspecified atom stereocenters. The van der Waals surface area contributed by atoms with Crippen molar-refractivity contribution < 1.29 is 22.8 Å². The van der Waals surface area contributed by atoms with E-state index in [0.29, 0.717) is 6.54 Å². The lowest BCUT2D eigenvalue weighted by Crippen LogP contribution is -2.44. The first-order valence-electron chi connectivity index (χ1n) is 9.56. The van der Waals surface area contributed by atoms with E-state index in [1.807, 2.05) is 11.5 Å². The SMILES string of the molecule is CCn1cncc1C1CCCCN1C(=O)CNC(=O)c1ccc(C(F)(F)F)cc1. The smallest absolute Gasteiger partial charge is 0.343 e. The van der Waals surface area contributed by atoms with Crippen LogP contribution in [-0.2, 0) is 17.5 Å². The van der Waals surface area contributed by atoms with Gasteiger partial charge < -0.3 is 14.8 Å². The molecule has 3 rings (SSSR count). The summed E-state index contributed by atoms with van der Waals surface area (Å²) in [4.78, 5) is 30.9. The molecule has 1 atom stereocenters. The van der Waals surface area contributed by atoms with Crippen LogP contribution in [0.5, 0.6) is 0 Å². The van der Waals surface area contributed by atoms with Gasteiger partial charge in [-0.15, -0.1) is 0 Å². The van der Waals surface area contributed by atoms with E-state index in [9.17, 15) is 22.8 Å². The van der Waals surface area contributed by atoms with Gasteiger partial charge in [-0.3, -0.25) is 9.59 Å². The highest BCUT2D eigenvalue weighted by atomic mass is 19.4. The molecule has 0 aliphatic carbocycles. The number of benzene rings is 1. The molecule has 2 amide bonds. The van der Waals surface area contributed by atoms with E-state index in [1.54, 1.807) is 17.4 Å². The van der Waals surface area contributed by atoms with E-state index in [4.69, 9.17) is 0 Å². The quantitative estimate of drug-likeness (QED) is 0.825. The molecule has 2 aromatic rings. The number of likely N-dealkylation sites (tertiary alicyclic amines) is 1. The normalized spacial score (nSPS) is 17.2. The highest BCUT2D eigenvalue weighted by Crippen LogP contribution is 2.31. The van der Waals surface area contributed by atoms with E-state index in [2.05, 4.69) is 10.3 Å². The van der Waals surface area contributed by atoms with Crippen molar-refractivity contribution in [1.82, 2.24) is 19.8 Å². The van der Waals surface area contributed by atoms with E-state index < -0.39 is 17.6 Å². The lowest BCUT2D eigenvalue weighted by Gasteiger charge is -2.36. The van der Waals surface area contributed by atoms with Crippen LogP contribution in [0.3, 0.4) is 0 Å². The number of hydrogen-bond acceptors (Lipinski definition) is 3. The summed E-state index contributed by atoms with van der Waals surface area (Å²) in [5, 5.41) is 2.51. The molecule has 6 nitrogen and oxygen atoms in total. The van der Waals surface area contributed by atoms with Gasteiger partial charge in [0, 0.05) is 18.7 Å². The van der Waals surface area contributed by atoms with Crippen molar-refractivity contribution in [3.8, 4) is 0 Å². The molecule has 0 saturated carbocycles. The fourth-order valence-electron chi connectivity index (χ4n) is 3.58. The van der Waals surface area contributed by atoms with Gasteiger partial charge >= 0.3 is 6.18 Å². The molecule has 0 bridgehead atoms. The number of halogens is 3. The van der Waals surface area contributed by atoms with Crippen LogP contribution < -0.4 is 5.32 Å². The minimum Gasteiger partial charge on any atom is -0.343 e. The van der Waals surface area contributed by atoms with Crippen LogP contribution in [0.4, 0.5) is 13.2 Å². The largest absolute Gasteiger partial charge is 0.416 e. The van der Waals surface area contributed by atoms with Gasteiger partial charge in [-0.1, -0.05) is 0 Å². The third kappa shape index (κ3) is 4.78. The van der Waals surface area contributed by atoms with Gasteiger partial charge in [0.15, 0.2) is 0 Å². The van der Waals surface area contributed by atoms with Gasteiger partial charge in [-0.2, -0.15) is 13.2 Å². The van der Waals surface area contributed by atoms with Gasteiger partial charge in [0.25, 0.3) is 5.91 Å². The van der Waals surface area contributed by atoms with Crippen LogP contribution in [0.15, 0.2) is 36.8 Å². The molecular formula is C20H23F3N4O2. The number of rotatable bonds is 5. The number of carbonyl (C=O) groups excluding carboxylic acids is 2. The number of alkyl halides is 3. The Kier molecular flexibility index (Phi) is 6.24. The number of aromatic nitrogens is 2. The number of nitrogens with zero attached hydrogens (tertiary/aromatic N) is 3. The zero-order valence-corrected chi connectivity index (χ0v) is 16.1. The molecule has 156 valence electrons. The average molecular weight is 408 g/mol. The number of carbonyl (C=O) groups is 2. The molecule has 1 aliphatic rings. The molecule has 2 heterocycles. The van der Waals surface area contributed by atoms with E-state index in [0.717, 1.165) is 55.8 Å².